The largest absolute Gasteiger partial charge is 0.438 e. The van der Waals surface area contributed by atoms with E-state index in [1.165, 1.54) is 0 Å². The molecule has 2 aromatic carbocycles. The molecule has 1 aromatic heterocycles. The first kappa shape index (κ1) is 16.9. The molecule has 0 radical (unpaired) electrons. The van der Waals surface area contributed by atoms with Gasteiger partial charge in [-0.15, -0.1) is 0 Å². The van der Waals surface area contributed by atoms with Crippen LogP contribution in [0.4, 0.5) is 4.79 Å². The SMILES string of the molecule is C[C@@]1(c2cncc(C#Cc3ccccc3)c2)NC(=O)O[C@@H]1c1ccccc1. The zero-order chi connectivity index (χ0) is 18.7. The second kappa shape index (κ2) is 6.97. The van der Waals surface area contributed by atoms with Gasteiger partial charge in [0.05, 0.1) is 0 Å². The normalized spacial score (nSPS) is 20.9. The van der Waals surface area contributed by atoms with Gasteiger partial charge in [-0.25, -0.2) is 4.79 Å². The van der Waals surface area contributed by atoms with Crippen molar-refractivity contribution in [2.45, 2.75) is 18.6 Å². The Labute approximate surface area is 158 Å². The summed E-state index contributed by atoms with van der Waals surface area (Å²) in [7, 11) is 0. The van der Waals surface area contributed by atoms with Crippen LogP contribution in [-0.4, -0.2) is 11.1 Å². The van der Waals surface area contributed by atoms with Gasteiger partial charge in [0, 0.05) is 29.1 Å². The second-order valence-corrected chi connectivity index (χ2v) is 6.60. The molecule has 2 heterocycles. The van der Waals surface area contributed by atoms with Crippen LogP contribution in [-0.2, 0) is 10.3 Å². The molecule has 0 bridgehead atoms. The molecule has 1 N–H and O–H groups in total. The van der Waals surface area contributed by atoms with Crippen molar-refractivity contribution in [1.29, 1.82) is 0 Å². The number of hydrogen-bond acceptors (Lipinski definition) is 3. The molecule has 1 aliphatic rings. The third kappa shape index (κ3) is 3.40. The van der Waals surface area contributed by atoms with Crippen LogP contribution in [0.25, 0.3) is 0 Å². The highest BCUT2D eigenvalue weighted by atomic mass is 16.6. The van der Waals surface area contributed by atoms with Crippen LogP contribution < -0.4 is 5.32 Å². The van der Waals surface area contributed by atoms with Gasteiger partial charge in [0.25, 0.3) is 0 Å². The van der Waals surface area contributed by atoms with Gasteiger partial charge in [0.15, 0.2) is 6.10 Å². The molecule has 132 valence electrons. The summed E-state index contributed by atoms with van der Waals surface area (Å²) in [5, 5.41) is 2.95. The first-order valence-corrected chi connectivity index (χ1v) is 8.71. The van der Waals surface area contributed by atoms with E-state index in [4.69, 9.17) is 4.74 Å². The molecule has 4 heteroatoms. The molecule has 1 aliphatic heterocycles. The van der Waals surface area contributed by atoms with Crippen LogP contribution in [0.5, 0.6) is 0 Å². The zero-order valence-electron chi connectivity index (χ0n) is 14.8. The summed E-state index contributed by atoms with van der Waals surface area (Å²) in [4.78, 5) is 16.4. The summed E-state index contributed by atoms with van der Waals surface area (Å²) in [6.45, 7) is 1.95. The molecule has 1 amide bonds. The van der Waals surface area contributed by atoms with Crippen LogP contribution in [0.2, 0.25) is 0 Å². The number of carbonyl (C=O) groups is 1. The van der Waals surface area contributed by atoms with E-state index in [0.29, 0.717) is 0 Å². The molecule has 0 aliphatic carbocycles. The van der Waals surface area contributed by atoms with Crippen molar-refractivity contribution >= 4 is 6.09 Å². The Morgan fingerprint density at radius 1 is 0.963 bits per heavy atom. The maximum atomic E-state index is 12.0. The predicted octanol–water partition coefficient (Wildman–Crippen LogP) is 4.18. The fourth-order valence-electron chi connectivity index (χ4n) is 3.24. The maximum absolute atomic E-state index is 12.0. The lowest BCUT2D eigenvalue weighted by Crippen LogP contribution is -2.39. The number of carbonyl (C=O) groups excluding carboxylic acids is 1. The molecule has 1 saturated heterocycles. The Balaban J connectivity index is 1.70. The molecule has 4 rings (SSSR count). The highest BCUT2D eigenvalue weighted by Gasteiger charge is 2.47. The summed E-state index contributed by atoms with van der Waals surface area (Å²) in [6, 6.07) is 21.4. The van der Waals surface area contributed by atoms with E-state index < -0.39 is 17.7 Å². The Kier molecular flexibility index (Phi) is 4.35. The summed E-state index contributed by atoms with van der Waals surface area (Å²) >= 11 is 0. The number of rotatable bonds is 2. The van der Waals surface area contributed by atoms with E-state index in [0.717, 1.165) is 22.3 Å². The van der Waals surface area contributed by atoms with Crippen molar-refractivity contribution in [3.63, 3.8) is 0 Å². The summed E-state index contributed by atoms with van der Waals surface area (Å²) in [5.41, 5.74) is 2.77. The van der Waals surface area contributed by atoms with Gasteiger partial charge in [0.2, 0.25) is 0 Å². The topological polar surface area (TPSA) is 51.2 Å². The monoisotopic (exact) mass is 354 g/mol. The number of pyridine rings is 1. The molecule has 2 atom stereocenters. The minimum atomic E-state index is -0.726. The molecule has 4 nitrogen and oxygen atoms in total. The van der Waals surface area contributed by atoms with Gasteiger partial charge >= 0.3 is 6.09 Å². The quantitative estimate of drug-likeness (QED) is 0.703. The van der Waals surface area contributed by atoms with E-state index in [1.807, 2.05) is 73.7 Å². The van der Waals surface area contributed by atoms with Gasteiger partial charge in [-0.2, -0.15) is 0 Å². The van der Waals surface area contributed by atoms with Crippen LogP contribution >= 0.6 is 0 Å². The average molecular weight is 354 g/mol. The number of benzene rings is 2. The number of cyclic esters (lactones) is 1. The van der Waals surface area contributed by atoms with Crippen molar-refractivity contribution in [3.8, 4) is 11.8 Å². The molecular formula is C23H18N2O2. The molecule has 0 spiro atoms. The van der Waals surface area contributed by atoms with Crippen LogP contribution in [0.15, 0.2) is 79.1 Å². The first-order chi connectivity index (χ1) is 13.1. The van der Waals surface area contributed by atoms with Crippen molar-refractivity contribution in [1.82, 2.24) is 10.3 Å². The van der Waals surface area contributed by atoms with E-state index in [9.17, 15) is 4.79 Å². The fraction of sp³-hybridized carbons (Fsp3) is 0.130. The van der Waals surface area contributed by atoms with Gasteiger partial charge in [-0.1, -0.05) is 60.4 Å². The van der Waals surface area contributed by atoms with Crippen molar-refractivity contribution in [2.75, 3.05) is 0 Å². The predicted molar refractivity (Wildman–Crippen MR) is 103 cm³/mol. The average Bonchev–Trinajstić information content (AvgIpc) is 3.03. The Bertz CT molecular complexity index is 1020. The number of hydrogen-bond donors (Lipinski definition) is 1. The number of amides is 1. The van der Waals surface area contributed by atoms with Gasteiger partial charge in [-0.05, 0) is 30.7 Å². The van der Waals surface area contributed by atoms with Gasteiger partial charge < -0.3 is 10.1 Å². The Morgan fingerprint density at radius 2 is 1.63 bits per heavy atom. The summed E-state index contributed by atoms with van der Waals surface area (Å²) in [6.07, 6.45) is 2.59. The Hall–Kier alpha value is -3.58. The van der Waals surface area contributed by atoms with Crippen molar-refractivity contribution in [2.24, 2.45) is 0 Å². The maximum Gasteiger partial charge on any atom is 0.408 e. The first-order valence-electron chi connectivity index (χ1n) is 8.71. The lowest BCUT2D eigenvalue weighted by atomic mass is 9.84. The number of alkyl carbamates (subject to hydrolysis) is 1. The van der Waals surface area contributed by atoms with Gasteiger partial charge in [0.1, 0.15) is 5.54 Å². The standard InChI is InChI=1S/C23H18N2O2/c1-23(21(27-22(26)25-23)19-10-6-3-7-11-19)20-14-18(15-24-16-20)13-12-17-8-4-2-5-9-17/h2-11,14-16,21H,1H3,(H,25,26)/t21-,23+/m1/s1. The molecule has 0 saturated carbocycles. The minimum Gasteiger partial charge on any atom is -0.438 e. The molecule has 3 aromatic rings. The lowest BCUT2D eigenvalue weighted by Gasteiger charge is -2.29. The number of ether oxygens (including phenoxy) is 1. The fourth-order valence-corrected chi connectivity index (χ4v) is 3.24. The van der Waals surface area contributed by atoms with E-state index in [2.05, 4.69) is 22.1 Å². The third-order valence-electron chi connectivity index (χ3n) is 4.68. The second-order valence-electron chi connectivity index (χ2n) is 6.60. The van der Waals surface area contributed by atoms with Crippen LogP contribution in [0.1, 0.15) is 35.3 Å². The lowest BCUT2D eigenvalue weighted by molar-refractivity contribution is 0.112. The molecule has 27 heavy (non-hydrogen) atoms. The smallest absolute Gasteiger partial charge is 0.408 e. The summed E-state index contributed by atoms with van der Waals surface area (Å²) in [5.74, 6) is 6.28. The molecular weight excluding hydrogens is 336 g/mol. The highest BCUT2D eigenvalue weighted by Crippen LogP contribution is 2.41. The van der Waals surface area contributed by atoms with Crippen LogP contribution in [0, 0.1) is 11.8 Å². The van der Waals surface area contributed by atoms with Crippen LogP contribution in [0.3, 0.4) is 0 Å². The molecule has 1 fully saturated rings. The van der Waals surface area contributed by atoms with Crippen molar-refractivity contribution in [3.05, 3.63) is 101 Å². The van der Waals surface area contributed by atoms with Crippen molar-refractivity contribution < 1.29 is 9.53 Å². The summed E-state index contributed by atoms with van der Waals surface area (Å²) < 4.78 is 5.57. The number of nitrogens with zero attached hydrogens (tertiary/aromatic N) is 1. The zero-order valence-corrected chi connectivity index (χ0v) is 14.8. The van der Waals surface area contributed by atoms with E-state index in [1.54, 1.807) is 12.4 Å². The van der Waals surface area contributed by atoms with Gasteiger partial charge in [-0.3, -0.25) is 4.98 Å². The number of aromatic nitrogens is 1. The Morgan fingerprint density at radius 3 is 2.37 bits per heavy atom. The van der Waals surface area contributed by atoms with E-state index in [-0.39, 0.29) is 0 Å². The van der Waals surface area contributed by atoms with E-state index >= 15 is 0 Å². The number of nitrogens with one attached hydrogen (secondary N) is 1. The third-order valence-corrected chi connectivity index (χ3v) is 4.68. The minimum absolute atomic E-state index is 0.438. The molecule has 0 unspecified atom stereocenters. The highest BCUT2D eigenvalue weighted by molar-refractivity contribution is 5.72.